The molecule has 2 N–H and O–H groups in total. The lowest BCUT2D eigenvalue weighted by Gasteiger charge is -2.13. The van der Waals surface area contributed by atoms with E-state index in [4.69, 9.17) is 0 Å². The topological polar surface area (TPSA) is 49.7 Å². The highest BCUT2D eigenvalue weighted by Crippen LogP contribution is 2.12. The van der Waals surface area contributed by atoms with Crippen LogP contribution in [0.3, 0.4) is 0 Å². The molecule has 0 saturated heterocycles. The minimum Gasteiger partial charge on any atom is -0.390 e. The minimum atomic E-state index is -3.25. The van der Waals surface area contributed by atoms with Gasteiger partial charge in [-0.25, -0.2) is 0 Å². The lowest BCUT2D eigenvalue weighted by atomic mass is 10.1. The average Bonchev–Trinajstić information content (AvgIpc) is 2.16. The number of unbranched alkanes of at least 4 members (excludes halogenated alkanes) is 6. The maximum Gasteiger partial charge on any atom is 0.495 e. The smallest absolute Gasteiger partial charge is 0.390 e. The Bertz CT molecular complexity index is 129. The van der Waals surface area contributed by atoms with Crippen molar-refractivity contribution in [1.82, 2.24) is 0 Å². The Morgan fingerprint density at radius 2 is 1.43 bits per heavy atom. The van der Waals surface area contributed by atoms with E-state index in [0.29, 0.717) is 6.04 Å². The summed E-state index contributed by atoms with van der Waals surface area (Å²) in [5.41, 5.74) is 0. The fraction of sp³-hybridized carbons (Fsp3) is 1.00. The van der Waals surface area contributed by atoms with Crippen LogP contribution in [0.15, 0.2) is 0 Å². The number of hydrogen-bond donors (Lipinski definition) is 2. The van der Waals surface area contributed by atoms with Crippen LogP contribution in [-0.2, 0) is 4.43 Å². The second kappa shape index (κ2) is 8.41. The molecule has 0 aliphatic heterocycles. The summed E-state index contributed by atoms with van der Waals surface area (Å²) < 4.78 is 4.63. The first-order valence-electron chi connectivity index (χ1n) is 5.62. The summed E-state index contributed by atoms with van der Waals surface area (Å²) in [5.74, 6) is 0. The Kier molecular flexibility index (Phi) is 8.47. The summed E-state index contributed by atoms with van der Waals surface area (Å²) >= 11 is 0. The number of hydrogen-bond acceptors (Lipinski definition) is 3. The monoisotopic (exact) mass is 220 g/mol. The molecule has 0 aromatic carbocycles. The molecular formula is C10H24O3Si. The van der Waals surface area contributed by atoms with Crippen LogP contribution in [-0.4, -0.2) is 25.5 Å². The van der Waals surface area contributed by atoms with Gasteiger partial charge in [0.15, 0.2) is 0 Å². The molecule has 86 valence electrons. The highest BCUT2D eigenvalue weighted by Gasteiger charge is 2.29. The molecule has 3 nitrogen and oxygen atoms in total. The van der Waals surface area contributed by atoms with Crippen molar-refractivity contribution in [3.8, 4) is 0 Å². The third kappa shape index (κ3) is 8.68. The highest BCUT2D eigenvalue weighted by molar-refractivity contribution is 6.57. The molecule has 0 bridgehead atoms. The molecule has 0 rings (SSSR count). The minimum absolute atomic E-state index is 0.442. The normalized spacial score (nSPS) is 12.0. The van der Waals surface area contributed by atoms with Crippen LogP contribution in [0.5, 0.6) is 0 Å². The van der Waals surface area contributed by atoms with Crippen molar-refractivity contribution in [3.05, 3.63) is 0 Å². The second-order valence-electron chi connectivity index (χ2n) is 3.82. The maximum atomic E-state index is 9.24. The summed E-state index contributed by atoms with van der Waals surface area (Å²) in [7, 11) is -1.88. The van der Waals surface area contributed by atoms with Crippen molar-refractivity contribution in [2.45, 2.75) is 57.9 Å². The van der Waals surface area contributed by atoms with Crippen LogP contribution >= 0.6 is 0 Å². The van der Waals surface area contributed by atoms with Gasteiger partial charge in [0.2, 0.25) is 0 Å². The third-order valence-electron chi connectivity index (χ3n) is 2.43. The van der Waals surface area contributed by atoms with E-state index in [0.717, 1.165) is 12.8 Å². The van der Waals surface area contributed by atoms with E-state index >= 15 is 0 Å². The van der Waals surface area contributed by atoms with Crippen molar-refractivity contribution in [2.75, 3.05) is 7.11 Å². The van der Waals surface area contributed by atoms with Crippen LogP contribution < -0.4 is 0 Å². The molecule has 0 aromatic heterocycles. The molecule has 0 unspecified atom stereocenters. The quantitative estimate of drug-likeness (QED) is 0.463. The van der Waals surface area contributed by atoms with Gasteiger partial charge in [-0.3, -0.25) is 0 Å². The molecule has 0 heterocycles. The van der Waals surface area contributed by atoms with Crippen LogP contribution in [0.1, 0.15) is 51.9 Å². The van der Waals surface area contributed by atoms with Crippen molar-refractivity contribution in [1.29, 1.82) is 0 Å². The van der Waals surface area contributed by atoms with Gasteiger partial charge in [0.25, 0.3) is 0 Å². The van der Waals surface area contributed by atoms with Gasteiger partial charge in [-0.15, -0.1) is 0 Å². The van der Waals surface area contributed by atoms with Gasteiger partial charge in [0.05, 0.1) is 0 Å². The third-order valence-corrected chi connectivity index (χ3v) is 4.09. The van der Waals surface area contributed by atoms with Crippen molar-refractivity contribution in [3.63, 3.8) is 0 Å². The van der Waals surface area contributed by atoms with Crippen LogP contribution in [0.25, 0.3) is 0 Å². The van der Waals surface area contributed by atoms with Gasteiger partial charge >= 0.3 is 8.80 Å². The van der Waals surface area contributed by atoms with Crippen LogP contribution in [0.2, 0.25) is 6.04 Å². The molecule has 0 fully saturated rings. The second-order valence-corrected chi connectivity index (χ2v) is 6.21. The van der Waals surface area contributed by atoms with Gasteiger partial charge in [0, 0.05) is 13.2 Å². The maximum absolute atomic E-state index is 9.24. The van der Waals surface area contributed by atoms with Crippen molar-refractivity contribution in [2.24, 2.45) is 0 Å². The largest absolute Gasteiger partial charge is 0.495 e. The lowest BCUT2D eigenvalue weighted by Crippen LogP contribution is -2.37. The molecule has 0 aromatic rings. The predicted molar refractivity (Wildman–Crippen MR) is 60.0 cm³/mol. The first-order chi connectivity index (χ1) is 6.62. The molecule has 0 aliphatic rings. The van der Waals surface area contributed by atoms with E-state index in [-0.39, 0.29) is 0 Å². The Hall–Kier alpha value is 0.0969. The van der Waals surface area contributed by atoms with E-state index in [1.807, 2.05) is 0 Å². The van der Waals surface area contributed by atoms with E-state index in [1.54, 1.807) is 0 Å². The van der Waals surface area contributed by atoms with E-state index in [9.17, 15) is 9.59 Å². The zero-order valence-electron chi connectivity index (χ0n) is 9.46. The SMILES string of the molecule is CCCCCCCCC[Si](O)(O)OC. The predicted octanol–water partition coefficient (Wildman–Crippen LogP) is 2.31. The molecule has 0 atom stereocenters. The molecule has 0 saturated carbocycles. The zero-order valence-corrected chi connectivity index (χ0v) is 10.5. The highest BCUT2D eigenvalue weighted by atomic mass is 28.4. The average molecular weight is 220 g/mol. The fourth-order valence-corrected chi connectivity index (χ4v) is 2.33. The number of rotatable bonds is 9. The summed E-state index contributed by atoms with van der Waals surface area (Å²) in [5, 5.41) is 0. The van der Waals surface area contributed by atoms with Crippen molar-refractivity contribution < 1.29 is 14.0 Å². The molecular weight excluding hydrogens is 196 g/mol. The molecule has 0 radical (unpaired) electrons. The van der Waals surface area contributed by atoms with Gasteiger partial charge in [-0.05, 0) is 6.42 Å². The van der Waals surface area contributed by atoms with Crippen molar-refractivity contribution >= 4 is 8.80 Å². The summed E-state index contributed by atoms with van der Waals surface area (Å²) in [6, 6.07) is 0.442. The lowest BCUT2D eigenvalue weighted by molar-refractivity contribution is 0.183. The standard InChI is InChI=1S/C10H24O3Si/c1-3-4-5-6-7-8-9-10-14(11,12)13-2/h11-12H,3-10H2,1-2H3. The molecule has 14 heavy (non-hydrogen) atoms. The first-order valence-corrected chi connectivity index (χ1v) is 7.63. The summed E-state index contributed by atoms with van der Waals surface area (Å²) in [6.07, 6.45) is 8.33. The van der Waals surface area contributed by atoms with Crippen LogP contribution in [0, 0.1) is 0 Å². The Morgan fingerprint density at radius 3 is 1.93 bits per heavy atom. The van der Waals surface area contributed by atoms with Gasteiger partial charge in [-0.2, -0.15) is 0 Å². The Labute approximate surface area is 88.5 Å². The molecule has 0 spiro atoms. The molecule has 0 amide bonds. The van der Waals surface area contributed by atoms with E-state index in [2.05, 4.69) is 11.3 Å². The Morgan fingerprint density at radius 1 is 0.929 bits per heavy atom. The molecule has 4 heteroatoms. The zero-order chi connectivity index (χ0) is 10.9. The summed E-state index contributed by atoms with van der Waals surface area (Å²) in [6.45, 7) is 2.20. The van der Waals surface area contributed by atoms with Crippen LogP contribution in [0.4, 0.5) is 0 Å². The van der Waals surface area contributed by atoms with Gasteiger partial charge in [0.1, 0.15) is 0 Å². The van der Waals surface area contributed by atoms with E-state index in [1.165, 1.54) is 39.2 Å². The Balaban J connectivity index is 3.13. The fourth-order valence-electron chi connectivity index (χ4n) is 1.41. The van der Waals surface area contributed by atoms with Gasteiger partial charge < -0.3 is 14.0 Å². The first kappa shape index (κ1) is 14.1. The summed E-state index contributed by atoms with van der Waals surface area (Å²) in [4.78, 5) is 18.5. The molecule has 0 aliphatic carbocycles. The van der Waals surface area contributed by atoms with Gasteiger partial charge in [-0.1, -0.05) is 45.4 Å². The van der Waals surface area contributed by atoms with E-state index < -0.39 is 8.80 Å².